The Morgan fingerprint density at radius 1 is 1.06 bits per heavy atom. The first kappa shape index (κ1) is 28.5. The van der Waals surface area contributed by atoms with E-state index >= 15 is 0 Å². The highest BCUT2D eigenvalue weighted by atomic mass is 16.6. The van der Waals surface area contributed by atoms with Gasteiger partial charge in [-0.2, -0.15) is 0 Å². The van der Waals surface area contributed by atoms with E-state index in [0.29, 0.717) is 19.4 Å². The maximum absolute atomic E-state index is 13.9. The second kappa shape index (κ2) is 12.6. The number of benzene rings is 1. The summed E-state index contributed by atoms with van der Waals surface area (Å²) < 4.78 is 5.41. The quantitative estimate of drug-likeness (QED) is 0.527. The highest BCUT2D eigenvalue weighted by Crippen LogP contribution is 2.26. The van der Waals surface area contributed by atoms with Gasteiger partial charge < -0.3 is 20.3 Å². The summed E-state index contributed by atoms with van der Waals surface area (Å²) in [7, 11) is 0. The molecule has 0 spiro atoms. The maximum Gasteiger partial charge on any atom is 0.408 e. The number of hydrogen-bond acceptors (Lipinski definition) is 4. The minimum Gasteiger partial charge on any atom is -0.444 e. The van der Waals surface area contributed by atoms with Gasteiger partial charge in [-0.15, -0.1) is 0 Å². The van der Waals surface area contributed by atoms with Crippen LogP contribution in [-0.4, -0.2) is 47.0 Å². The molecule has 0 aliphatic rings. The molecule has 1 aromatic carbocycles. The minimum absolute atomic E-state index is 0.0753. The van der Waals surface area contributed by atoms with Crippen molar-refractivity contribution in [3.05, 3.63) is 35.4 Å². The smallest absolute Gasteiger partial charge is 0.408 e. The van der Waals surface area contributed by atoms with Gasteiger partial charge in [0.2, 0.25) is 11.8 Å². The van der Waals surface area contributed by atoms with Gasteiger partial charge >= 0.3 is 6.09 Å². The van der Waals surface area contributed by atoms with Gasteiger partial charge in [0.05, 0.1) is 0 Å². The Balaban J connectivity index is 3.43. The van der Waals surface area contributed by atoms with Crippen molar-refractivity contribution in [1.82, 2.24) is 15.5 Å². The van der Waals surface area contributed by atoms with E-state index in [9.17, 15) is 14.4 Å². The number of carbonyl (C=O) groups is 3. The lowest BCUT2D eigenvalue weighted by Crippen LogP contribution is -2.55. The third-order valence-electron chi connectivity index (χ3n) is 5.25. The fraction of sp³-hybridized carbons (Fsp3) is 0.654. The Morgan fingerprint density at radius 3 is 2.18 bits per heavy atom. The summed E-state index contributed by atoms with van der Waals surface area (Å²) in [5.74, 6) is -0.671. The van der Waals surface area contributed by atoms with E-state index < -0.39 is 23.8 Å². The summed E-state index contributed by atoms with van der Waals surface area (Å²) in [6.07, 6.45) is 0.707. The first-order valence-corrected chi connectivity index (χ1v) is 12.0. The average Bonchev–Trinajstić information content (AvgIpc) is 2.68. The fourth-order valence-corrected chi connectivity index (χ4v) is 3.58. The zero-order chi connectivity index (χ0) is 25.3. The van der Waals surface area contributed by atoms with Crippen LogP contribution in [0.4, 0.5) is 4.79 Å². The third-order valence-corrected chi connectivity index (χ3v) is 5.25. The summed E-state index contributed by atoms with van der Waals surface area (Å²) in [5.41, 5.74) is 1.07. The first-order chi connectivity index (χ1) is 15.3. The summed E-state index contributed by atoms with van der Waals surface area (Å²) in [6, 6.07) is 5.96. The number of hydrogen-bond donors (Lipinski definition) is 2. The number of alkyl carbamates (subject to hydrolysis) is 1. The molecule has 0 aliphatic carbocycles. The van der Waals surface area contributed by atoms with Gasteiger partial charge in [0.15, 0.2) is 0 Å². The molecular formula is C26H43N3O4. The van der Waals surface area contributed by atoms with Crippen LogP contribution in [0.25, 0.3) is 0 Å². The molecule has 3 unspecified atom stereocenters. The summed E-state index contributed by atoms with van der Waals surface area (Å²) >= 11 is 0. The number of ether oxygens (including phenoxy) is 1. The molecule has 7 nitrogen and oxygen atoms in total. The molecule has 33 heavy (non-hydrogen) atoms. The van der Waals surface area contributed by atoms with Crippen molar-refractivity contribution >= 4 is 17.9 Å². The fourth-order valence-electron chi connectivity index (χ4n) is 3.58. The topological polar surface area (TPSA) is 87.7 Å². The van der Waals surface area contributed by atoms with Gasteiger partial charge in [0.25, 0.3) is 0 Å². The second-order valence-corrected chi connectivity index (χ2v) is 10.0. The van der Waals surface area contributed by atoms with Crippen molar-refractivity contribution in [2.45, 2.75) is 98.9 Å². The molecule has 0 saturated carbocycles. The van der Waals surface area contributed by atoms with Crippen LogP contribution in [0.2, 0.25) is 0 Å². The Hall–Kier alpha value is -2.57. The zero-order valence-corrected chi connectivity index (χ0v) is 21.8. The Bertz CT molecular complexity index is 801. The number of nitrogens with zero attached hydrogens (tertiary/aromatic N) is 1. The number of aryl methyl sites for hydroxylation is 1. The van der Waals surface area contributed by atoms with Crippen molar-refractivity contribution in [1.29, 1.82) is 0 Å². The number of nitrogens with one attached hydrogen (secondary N) is 2. The van der Waals surface area contributed by atoms with Crippen LogP contribution in [0, 0.1) is 12.8 Å². The SMILES string of the molecule is CCCN(C(=O)C(NC(=O)OC(C)(C)C)C(C)CC)C(C(=O)NC(C)C)c1cccc(C)c1. The predicted molar refractivity (Wildman–Crippen MR) is 132 cm³/mol. The number of rotatable bonds is 10. The Labute approximate surface area is 199 Å². The van der Waals surface area contributed by atoms with Crippen LogP contribution >= 0.6 is 0 Å². The molecular weight excluding hydrogens is 418 g/mol. The van der Waals surface area contributed by atoms with E-state index in [-0.39, 0.29) is 23.8 Å². The maximum atomic E-state index is 13.9. The molecule has 0 saturated heterocycles. The van der Waals surface area contributed by atoms with Gasteiger partial charge in [-0.1, -0.05) is 57.0 Å². The van der Waals surface area contributed by atoms with Crippen LogP contribution in [0.15, 0.2) is 24.3 Å². The normalized spacial score (nSPS) is 14.2. The molecule has 3 amide bonds. The van der Waals surface area contributed by atoms with Gasteiger partial charge in [0, 0.05) is 12.6 Å². The highest BCUT2D eigenvalue weighted by Gasteiger charge is 2.37. The van der Waals surface area contributed by atoms with E-state index in [1.165, 1.54) is 0 Å². The average molecular weight is 462 g/mol. The van der Waals surface area contributed by atoms with Crippen molar-refractivity contribution in [2.24, 2.45) is 5.92 Å². The van der Waals surface area contributed by atoms with Crippen LogP contribution in [0.1, 0.15) is 85.4 Å². The predicted octanol–water partition coefficient (Wildman–Crippen LogP) is 4.74. The molecule has 186 valence electrons. The van der Waals surface area contributed by atoms with E-state index in [0.717, 1.165) is 11.1 Å². The molecule has 0 fully saturated rings. The third kappa shape index (κ3) is 9.06. The van der Waals surface area contributed by atoms with E-state index in [1.54, 1.807) is 25.7 Å². The summed E-state index contributed by atoms with van der Waals surface area (Å²) in [4.78, 5) is 41.4. The summed E-state index contributed by atoms with van der Waals surface area (Å²) in [6.45, 7) is 17.3. The number of carbonyl (C=O) groups excluding carboxylic acids is 3. The lowest BCUT2D eigenvalue weighted by atomic mass is 9.95. The Kier molecular flexibility index (Phi) is 10.9. The standard InChI is InChI=1S/C26H43N3O4/c1-10-15-29(22(23(30)27-17(3)4)20-14-12-13-18(5)16-20)24(31)21(19(6)11-2)28-25(32)33-26(7,8)9/h12-14,16-17,19,21-22H,10-11,15H2,1-9H3,(H,27,30)(H,28,32). The zero-order valence-electron chi connectivity index (χ0n) is 21.8. The largest absolute Gasteiger partial charge is 0.444 e. The molecule has 0 aromatic heterocycles. The highest BCUT2D eigenvalue weighted by molar-refractivity contribution is 5.92. The van der Waals surface area contributed by atoms with E-state index in [2.05, 4.69) is 10.6 Å². The van der Waals surface area contributed by atoms with Gasteiger partial charge in [-0.25, -0.2) is 4.79 Å². The van der Waals surface area contributed by atoms with Crippen LogP contribution < -0.4 is 10.6 Å². The van der Waals surface area contributed by atoms with Gasteiger partial charge in [-0.3, -0.25) is 9.59 Å². The van der Waals surface area contributed by atoms with Crippen molar-refractivity contribution in [3.63, 3.8) is 0 Å². The molecule has 2 N–H and O–H groups in total. The van der Waals surface area contributed by atoms with Crippen molar-refractivity contribution < 1.29 is 19.1 Å². The van der Waals surface area contributed by atoms with Gasteiger partial charge in [0.1, 0.15) is 17.7 Å². The van der Waals surface area contributed by atoms with Crippen molar-refractivity contribution in [2.75, 3.05) is 6.54 Å². The lowest BCUT2D eigenvalue weighted by molar-refractivity contribution is -0.143. The Morgan fingerprint density at radius 2 is 1.70 bits per heavy atom. The van der Waals surface area contributed by atoms with Crippen molar-refractivity contribution in [3.8, 4) is 0 Å². The van der Waals surface area contributed by atoms with E-state index in [1.807, 2.05) is 65.8 Å². The lowest BCUT2D eigenvalue weighted by Gasteiger charge is -2.36. The molecule has 0 bridgehead atoms. The molecule has 0 radical (unpaired) electrons. The molecule has 0 aliphatic heterocycles. The van der Waals surface area contributed by atoms with Crippen LogP contribution in [0.5, 0.6) is 0 Å². The van der Waals surface area contributed by atoms with Gasteiger partial charge in [-0.05, 0) is 59.4 Å². The van der Waals surface area contributed by atoms with Crippen LogP contribution in [-0.2, 0) is 14.3 Å². The molecule has 1 rings (SSSR count). The molecule has 1 aromatic rings. The van der Waals surface area contributed by atoms with E-state index in [4.69, 9.17) is 4.74 Å². The molecule has 3 atom stereocenters. The monoisotopic (exact) mass is 461 g/mol. The number of amides is 3. The molecule has 0 heterocycles. The second-order valence-electron chi connectivity index (χ2n) is 10.0. The molecule has 7 heteroatoms. The van der Waals surface area contributed by atoms with Crippen LogP contribution in [0.3, 0.4) is 0 Å². The minimum atomic E-state index is -0.810. The first-order valence-electron chi connectivity index (χ1n) is 12.0. The summed E-state index contributed by atoms with van der Waals surface area (Å²) in [5, 5.41) is 5.74.